The van der Waals surface area contributed by atoms with Gasteiger partial charge in [0, 0.05) is 136 Å². The van der Waals surface area contributed by atoms with Crippen LogP contribution in [0.5, 0.6) is 0 Å². The molecule has 0 saturated carbocycles. The van der Waals surface area contributed by atoms with Crippen molar-refractivity contribution < 1.29 is 0 Å². The second-order valence-corrected chi connectivity index (χ2v) is 39.2. The predicted molar refractivity (Wildman–Crippen MR) is 630 cm³/mol. The van der Waals surface area contributed by atoms with Crippen molar-refractivity contribution in [3.05, 3.63) is 613 Å². The lowest BCUT2D eigenvalue weighted by molar-refractivity contribution is 0.793. The Morgan fingerprint density at radius 2 is 0.221 bits per heavy atom. The Kier molecular flexibility index (Phi) is 25.9. The molecule has 149 heavy (non-hydrogen) atoms. The molecule has 0 bridgehead atoms. The highest BCUT2D eigenvalue weighted by atomic mass is 15.2. The van der Waals surface area contributed by atoms with Gasteiger partial charge in [0.1, 0.15) is 0 Å². The molecule has 0 fully saturated rings. The van der Waals surface area contributed by atoms with Gasteiger partial charge in [-0.15, -0.1) is 0 Å². The summed E-state index contributed by atoms with van der Waals surface area (Å²) in [5.41, 5.74) is 47.2. The Labute approximate surface area is 876 Å². The summed E-state index contributed by atoms with van der Waals surface area (Å²) in [5, 5.41) is 0. The van der Waals surface area contributed by atoms with E-state index in [2.05, 4.69) is 641 Å². The van der Waals surface area contributed by atoms with Crippen molar-refractivity contribution in [1.29, 1.82) is 0 Å². The number of aryl methyl sites for hydroxylation is 8. The van der Waals surface area contributed by atoms with Gasteiger partial charge in [-0.05, 0) is 402 Å². The topological polar surface area (TPSA) is 25.9 Å². The number of hydrogen-bond donors (Lipinski definition) is 0. The fourth-order valence-corrected chi connectivity index (χ4v) is 21.4. The van der Waals surface area contributed by atoms with Crippen LogP contribution in [0.4, 0.5) is 136 Å². The first-order valence-corrected chi connectivity index (χ1v) is 51.4. The maximum atomic E-state index is 2.53. The van der Waals surface area contributed by atoms with Crippen LogP contribution >= 0.6 is 0 Å². The number of rotatable bonds is 25. The van der Waals surface area contributed by atoms with E-state index < -0.39 is 5.41 Å². The second kappa shape index (κ2) is 41.2. The summed E-state index contributed by atoms with van der Waals surface area (Å²) in [4.78, 5) is 19.0. The van der Waals surface area contributed by atoms with Crippen molar-refractivity contribution in [1.82, 2.24) is 0 Å². The minimum absolute atomic E-state index is 0.843. The molecule has 0 atom stereocenters. The van der Waals surface area contributed by atoms with Gasteiger partial charge in [0.15, 0.2) is 0 Å². The van der Waals surface area contributed by atoms with E-state index in [1.807, 2.05) is 0 Å². The third kappa shape index (κ3) is 18.8. The Bertz CT molecular complexity index is 7570. The third-order valence-electron chi connectivity index (χ3n) is 29.0. The number of hydrogen-bond acceptors (Lipinski definition) is 8. The molecule has 0 heterocycles. The SMILES string of the molecule is Cc1ccc(N(c2ccc(C)cc2)c2ccc3c(c2)C2(c4cc(N(c5ccc(C)cc5)c5ccc(C)cc5)ccc4-3)c3cc(N(c4ccc(C)cc4)c4ccc(C)cc4)ccc3-c3ccc(N(c4ccc(C)cc4)c4ccc(C)cc4)cc32)cc1.c1ccc(-c2ccc(N(c3ccc(N(c4ccccc4)c4ccccc4)cc3)c3ccc(N(c4ccccc4)c4ccc(N(c5ccccc5)c5ccccc5)cc4)cc3)cc2)cc1. The van der Waals surface area contributed by atoms with E-state index in [0.29, 0.717) is 0 Å². The molecule has 0 amide bonds. The first kappa shape index (κ1) is 93.9. The zero-order valence-electron chi connectivity index (χ0n) is 85.0. The second-order valence-electron chi connectivity index (χ2n) is 39.2. The van der Waals surface area contributed by atoms with Crippen LogP contribution in [0.25, 0.3) is 33.4 Å². The average Bonchev–Trinajstić information content (AvgIpc) is 1.50. The number of benzene rings is 22. The maximum absolute atomic E-state index is 2.53. The van der Waals surface area contributed by atoms with Gasteiger partial charge in [-0.3, -0.25) is 0 Å². The van der Waals surface area contributed by atoms with E-state index in [9.17, 15) is 0 Å². The largest absolute Gasteiger partial charge is 0.311 e. The molecule has 1 spiro atoms. The minimum atomic E-state index is -0.843. The van der Waals surface area contributed by atoms with Gasteiger partial charge in [-0.25, -0.2) is 0 Å². The first-order chi connectivity index (χ1) is 73.1. The van der Waals surface area contributed by atoms with Gasteiger partial charge >= 0.3 is 0 Å². The van der Waals surface area contributed by atoms with Crippen LogP contribution in [0.3, 0.4) is 0 Å². The molecule has 2 aliphatic rings. The van der Waals surface area contributed by atoms with E-state index in [1.54, 1.807) is 0 Å². The molecule has 0 N–H and O–H groups in total. The van der Waals surface area contributed by atoms with E-state index in [4.69, 9.17) is 0 Å². The number of anilines is 24. The van der Waals surface area contributed by atoms with Gasteiger partial charge in [0.2, 0.25) is 0 Å². The fourth-order valence-electron chi connectivity index (χ4n) is 21.4. The van der Waals surface area contributed by atoms with Crippen molar-refractivity contribution in [2.24, 2.45) is 0 Å². The van der Waals surface area contributed by atoms with Gasteiger partial charge in [-0.1, -0.05) is 299 Å². The highest BCUT2D eigenvalue weighted by Gasteiger charge is 2.53. The Morgan fingerprint density at radius 3 is 0.383 bits per heavy atom. The zero-order valence-corrected chi connectivity index (χ0v) is 85.0. The Morgan fingerprint density at radius 1 is 0.107 bits per heavy atom. The smallest absolute Gasteiger partial charge is 0.0728 e. The van der Waals surface area contributed by atoms with Crippen LogP contribution in [0.1, 0.15) is 66.8 Å². The molecule has 2 aliphatic carbocycles. The molecule has 0 radical (unpaired) electrons. The molecule has 0 saturated heterocycles. The van der Waals surface area contributed by atoms with Crippen molar-refractivity contribution in [2.45, 2.75) is 60.8 Å². The molecule has 8 nitrogen and oxygen atoms in total. The summed E-state index contributed by atoms with van der Waals surface area (Å²) in [6.45, 7) is 17.3. The quantitative estimate of drug-likeness (QED) is 0.0559. The summed E-state index contributed by atoms with van der Waals surface area (Å²) in [5.74, 6) is 0. The molecular weight excluding hydrogens is 1810 g/mol. The molecule has 22 aromatic carbocycles. The van der Waals surface area contributed by atoms with Gasteiger partial charge in [0.05, 0.1) is 5.41 Å². The minimum Gasteiger partial charge on any atom is -0.311 e. The average molecular weight is 1920 g/mol. The molecular formula is C141H114N8. The third-order valence-corrected chi connectivity index (χ3v) is 29.0. The molecule has 22 aromatic rings. The number of fused-ring (bicyclic) bond motifs is 10. The summed E-state index contributed by atoms with van der Waals surface area (Å²) in [6, 6.07) is 200. The fraction of sp³-hybridized carbons (Fsp3) is 0.0638. The lowest BCUT2D eigenvalue weighted by Crippen LogP contribution is -2.27. The van der Waals surface area contributed by atoms with E-state index >= 15 is 0 Å². The molecule has 0 aliphatic heterocycles. The van der Waals surface area contributed by atoms with Crippen molar-refractivity contribution in [3.63, 3.8) is 0 Å². The van der Waals surface area contributed by atoms with Gasteiger partial charge in [0.25, 0.3) is 0 Å². The molecule has 0 aromatic heterocycles. The van der Waals surface area contributed by atoms with E-state index in [1.165, 1.54) is 100 Å². The van der Waals surface area contributed by atoms with Crippen LogP contribution in [-0.2, 0) is 5.41 Å². The van der Waals surface area contributed by atoms with Crippen LogP contribution < -0.4 is 39.2 Å². The molecule has 24 rings (SSSR count). The van der Waals surface area contributed by atoms with Crippen molar-refractivity contribution >= 4 is 136 Å². The van der Waals surface area contributed by atoms with Crippen LogP contribution in [0, 0.1) is 55.4 Å². The summed E-state index contributed by atoms with van der Waals surface area (Å²) < 4.78 is 0. The lowest BCUT2D eigenvalue weighted by atomic mass is 9.70. The van der Waals surface area contributed by atoms with Crippen LogP contribution in [-0.4, -0.2) is 0 Å². The predicted octanol–water partition coefficient (Wildman–Crippen LogP) is 39.6. The molecule has 8 heteroatoms. The normalized spacial score (nSPS) is 11.7. The lowest BCUT2D eigenvalue weighted by Gasteiger charge is -2.35. The zero-order chi connectivity index (χ0) is 101. The van der Waals surface area contributed by atoms with Crippen LogP contribution in [0.15, 0.2) is 546 Å². The van der Waals surface area contributed by atoms with Gasteiger partial charge < -0.3 is 39.2 Å². The summed E-state index contributed by atoms with van der Waals surface area (Å²) in [6.07, 6.45) is 0. The van der Waals surface area contributed by atoms with E-state index in [-0.39, 0.29) is 0 Å². The standard InChI is InChI=1S/C81H68N4.C60H46N4/c1-53-9-25-61(26-10-53)82(62-27-11-54(2)12-28-62)69-41-45-73-74-46-42-70(83(63-29-13-55(3)14-30-63)64-31-15-56(4)16-32-64)50-78(74)81(77(73)49-69)79-51-71(84(65-33-17-57(5)18-34-65)66-35-19-58(6)20-36-66)43-47-75(79)76-48-44-72(52-80(76)81)85(67-37-21-59(7)22-38-67)68-39-23-60(8)24-40-68;1-7-19-47(20-8-1)48-31-33-54(34-32-48)64(59-43-37-56(38-44-59)62(51-25-13-4-14-26-51)52-27-15-5-16-28-52)60-45-41-58(42-46-60)63(53-29-17-6-18-30-53)57-39-35-55(36-40-57)61(49-21-9-2-10-22-49)50-23-11-3-12-24-50/h9-52H,1-8H3;1-46H. The summed E-state index contributed by atoms with van der Waals surface area (Å²) in [7, 11) is 0. The summed E-state index contributed by atoms with van der Waals surface area (Å²) >= 11 is 0. The number of nitrogens with zero attached hydrogens (tertiary/aromatic N) is 8. The van der Waals surface area contributed by atoms with Crippen molar-refractivity contribution in [3.8, 4) is 33.4 Å². The molecule has 718 valence electrons. The van der Waals surface area contributed by atoms with E-state index in [0.717, 1.165) is 136 Å². The Balaban J connectivity index is 0.000000170. The maximum Gasteiger partial charge on any atom is 0.0728 e. The first-order valence-electron chi connectivity index (χ1n) is 51.4. The number of para-hydroxylation sites is 5. The van der Waals surface area contributed by atoms with Gasteiger partial charge in [-0.2, -0.15) is 0 Å². The highest BCUT2D eigenvalue weighted by Crippen LogP contribution is 2.66. The van der Waals surface area contributed by atoms with Crippen molar-refractivity contribution in [2.75, 3.05) is 39.2 Å². The highest BCUT2D eigenvalue weighted by molar-refractivity contribution is 6.01. The van der Waals surface area contributed by atoms with Crippen LogP contribution in [0.2, 0.25) is 0 Å². The Hall–Kier alpha value is -18.8. The monoisotopic (exact) mass is 1920 g/mol. The molecule has 0 unspecified atom stereocenters.